The van der Waals surface area contributed by atoms with Gasteiger partial charge in [0.2, 0.25) is 0 Å². The number of nitrogens with zero attached hydrogens (tertiary/aromatic N) is 3. The number of aromatic nitrogens is 2. The molecule has 1 aromatic heterocycles. The van der Waals surface area contributed by atoms with Crippen molar-refractivity contribution in [3.8, 4) is 5.75 Å². The summed E-state index contributed by atoms with van der Waals surface area (Å²) < 4.78 is 62.9. The molecule has 0 spiro atoms. The Kier molecular flexibility index (Phi) is 5.27. The van der Waals surface area contributed by atoms with Crippen LogP contribution in [-0.2, 0) is 15.1 Å². The standard InChI is InChI=1S/C23H23ClF4N4O4/c24-15-3-14-17(33)5-19(35-18(14)4-16(15)25)20(34)30-21-9-22(10-21,11-21)32-7-12(6-29-32)31-2-1-13(8-31)36-23(26,27)28/h3-4,6-7,13,17,19,33H,1-2,5,8-11H2,(H,30,34)/t13-,17-,19-,21?,22?/m1/s1. The lowest BCUT2D eigenvalue weighted by Crippen LogP contribution is -2.79. The van der Waals surface area contributed by atoms with Crippen molar-refractivity contribution in [3.05, 3.63) is 40.9 Å². The molecule has 2 N–H and O–H groups in total. The Morgan fingerprint density at radius 2 is 2.06 bits per heavy atom. The van der Waals surface area contributed by atoms with E-state index in [2.05, 4.69) is 15.2 Å². The first-order valence-electron chi connectivity index (χ1n) is 11.6. The van der Waals surface area contributed by atoms with Gasteiger partial charge in [-0.2, -0.15) is 5.10 Å². The molecule has 0 unspecified atom stereocenters. The lowest BCUT2D eigenvalue weighted by atomic mass is 9.44. The highest BCUT2D eigenvalue weighted by Crippen LogP contribution is 2.65. The van der Waals surface area contributed by atoms with Crippen molar-refractivity contribution in [1.82, 2.24) is 15.1 Å². The van der Waals surface area contributed by atoms with Gasteiger partial charge in [0.05, 0.1) is 34.7 Å². The van der Waals surface area contributed by atoms with E-state index in [1.165, 1.54) is 6.07 Å². The van der Waals surface area contributed by atoms with Gasteiger partial charge in [-0.3, -0.25) is 14.2 Å². The number of alkyl halides is 3. The summed E-state index contributed by atoms with van der Waals surface area (Å²) in [5.41, 5.74) is 0.440. The molecule has 3 aliphatic carbocycles. The van der Waals surface area contributed by atoms with E-state index in [0.717, 1.165) is 11.8 Å². The Labute approximate surface area is 208 Å². The van der Waals surface area contributed by atoms with Crippen molar-refractivity contribution in [2.75, 3.05) is 18.0 Å². The average Bonchev–Trinajstić information content (AvgIpc) is 3.39. The van der Waals surface area contributed by atoms with Gasteiger partial charge in [0.1, 0.15) is 11.6 Å². The monoisotopic (exact) mass is 530 g/mol. The van der Waals surface area contributed by atoms with E-state index in [1.807, 2.05) is 15.8 Å². The molecule has 2 aliphatic heterocycles. The highest BCUT2D eigenvalue weighted by atomic mass is 35.5. The Morgan fingerprint density at radius 1 is 1.31 bits per heavy atom. The minimum atomic E-state index is -4.65. The molecule has 3 saturated carbocycles. The van der Waals surface area contributed by atoms with Gasteiger partial charge in [-0.25, -0.2) is 4.39 Å². The summed E-state index contributed by atoms with van der Waals surface area (Å²) in [6, 6.07) is 2.38. The van der Waals surface area contributed by atoms with E-state index in [1.54, 1.807) is 6.20 Å². The van der Waals surface area contributed by atoms with Crippen LogP contribution in [0.4, 0.5) is 23.2 Å². The first-order valence-corrected chi connectivity index (χ1v) is 12.0. The zero-order valence-corrected chi connectivity index (χ0v) is 19.7. The van der Waals surface area contributed by atoms with Gasteiger partial charge in [0, 0.05) is 42.9 Å². The molecule has 3 atom stereocenters. The lowest BCUT2D eigenvalue weighted by Gasteiger charge is -2.70. The molecule has 0 radical (unpaired) electrons. The Morgan fingerprint density at radius 3 is 2.78 bits per heavy atom. The second-order valence-corrected chi connectivity index (χ2v) is 10.7. The Balaban J connectivity index is 1.05. The summed E-state index contributed by atoms with van der Waals surface area (Å²) in [6.45, 7) is 0.594. The predicted molar refractivity (Wildman–Crippen MR) is 118 cm³/mol. The van der Waals surface area contributed by atoms with E-state index in [0.29, 0.717) is 31.4 Å². The molecule has 7 rings (SSSR count). The number of carbonyl (C=O) groups excluding carboxylic acids is 1. The van der Waals surface area contributed by atoms with Crippen LogP contribution < -0.4 is 15.0 Å². The third-order valence-corrected chi connectivity index (χ3v) is 7.96. The maximum absolute atomic E-state index is 13.8. The van der Waals surface area contributed by atoms with Crippen LogP contribution in [0, 0.1) is 5.82 Å². The minimum Gasteiger partial charge on any atom is -0.480 e. The van der Waals surface area contributed by atoms with E-state index >= 15 is 0 Å². The maximum Gasteiger partial charge on any atom is 0.522 e. The first kappa shape index (κ1) is 23.8. The number of hydrogen-bond donors (Lipinski definition) is 2. The molecule has 3 heterocycles. The molecule has 13 heteroatoms. The van der Waals surface area contributed by atoms with Crippen LogP contribution in [0.5, 0.6) is 5.75 Å². The summed E-state index contributed by atoms with van der Waals surface area (Å²) >= 11 is 5.78. The highest BCUT2D eigenvalue weighted by Gasteiger charge is 2.70. The molecule has 1 aromatic carbocycles. The zero-order chi connectivity index (χ0) is 25.5. The summed E-state index contributed by atoms with van der Waals surface area (Å²) in [6.07, 6.45) is -1.76. The third-order valence-electron chi connectivity index (χ3n) is 7.67. The van der Waals surface area contributed by atoms with Crippen molar-refractivity contribution in [2.24, 2.45) is 0 Å². The predicted octanol–water partition coefficient (Wildman–Crippen LogP) is 3.42. The molecular formula is C23H23ClF4N4O4. The number of anilines is 1. The number of fused-ring (bicyclic) bond motifs is 1. The van der Waals surface area contributed by atoms with Gasteiger partial charge in [0.25, 0.3) is 5.91 Å². The molecule has 5 aliphatic rings. The van der Waals surface area contributed by atoms with Crippen molar-refractivity contribution in [3.63, 3.8) is 0 Å². The normalized spacial score (nSPS) is 32.8. The fourth-order valence-corrected chi connectivity index (χ4v) is 6.21. The number of carbonyl (C=O) groups is 1. The maximum atomic E-state index is 13.8. The number of rotatable bonds is 5. The fourth-order valence-electron chi connectivity index (χ4n) is 6.03. The molecule has 1 amide bonds. The number of aliphatic hydroxyl groups is 1. The van der Waals surface area contributed by atoms with Crippen LogP contribution in [0.15, 0.2) is 24.5 Å². The summed E-state index contributed by atoms with van der Waals surface area (Å²) in [4.78, 5) is 14.7. The quantitative estimate of drug-likeness (QED) is 0.576. The lowest BCUT2D eigenvalue weighted by molar-refractivity contribution is -0.339. The molecule has 36 heavy (non-hydrogen) atoms. The second-order valence-electron chi connectivity index (χ2n) is 10.2. The Hall–Kier alpha value is -2.57. The smallest absolute Gasteiger partial charge is 0.480 e. The SMILES string of the molecule is O=C(NC12CC(n3cc(N4CC[C@@H](OC(F)(F)F)C4)cn3)(C1)C2)[C@H]1C[C@@H](O)c2cc(Cl)c(F)cc2O1. The average molecular weight is 531 g/mol. The number of hydrogen-bond acceptors (Lipinski definition) is 6. The summed E-state index contributed by atoms with van der Waals surface area (Å²) in [5.74, 6) is -0.975. The molecule has 2 aromatic rings. The van der Waals surface area contributed by atoms with Crippen LogP contribution >= 0.6 is 11.6 Å². The van der Waals surface area contributed by atoms with Crippen molar-refractivity contribution in [2.45, 2.75) is 67.9 Å². The van der Waals surface area contributed by atoms with Crippen LogP contribution in [0.1, 0.15) is 43.8 Å². The summed E-state index contributed by atoms with van der Waals surface area (Å²) in [7, 11) is 0. The number of ether oxygens (including phenoxy) is 2. The van der Waals surface area contributed by atoms with Gasteiger partial charge in [-0.1, -0.05) is 11.6 Å². The van der Waals surface area contributed by atoms with Crippen LogP contribution in [0.2, 0.25) is 5.02 Å². The minimum absolute atomic E-state index is 0.0272. The number of aliphatic hydroxyl groups excluding tert-OH is 1. The molecule has 4 fully saturated rings. The van der Waals surface area contributed by atoms with Crippen molar-refractivity contribution < 1.29 is 36.9 Å². The van der Waals surface area contributed by atoms with E-state index in [4.69, 9.17) is 16.3 Å². The van der Waals surface area contributed by atoms with E-state index < -0.39 is 36.0 Å². The van der Waals surface area contributed by atoms with Crippen molar-refractivity contribution >= 4 is 23.2 Å². The number of amides is 1. The first-order chi connectivity index (χ1) is 16.9. The van der Waals surface area contributed by atoms with E-state index in [-0.39, 0.29) is 41.6 Å². The largest absolute Gasteiger partial charge is 0.522 e. The molecule has 2 bridgehead atoms. The second kappa shape index (κ2) is 7.96. The molecular weight excluding hydrogens is 508 g/mol. The van der Waals surface area contributed by atoms with E-state index in [9.17, 15) is 27.5 Å². The zero-order valence-electron chi connectivity index (χ0n) is 18.9. The number of halogens is 5. The highest BCUT2D eigenvalue weighted by molar-refractivity contribution is 6.30. The van der Waals surface area contributed by atoms with Crippen LogP contribution in [-0.4, -0.2) is 58.0 Å². The van der Waals surface area contributed by atoms with Gasteiger partial charge in [-0.05, 0) is 31.7 Å². The topological polar surface area (TPSA) is 88.9 Å². The third kappa shape index (κ3) is 3.99. The van der Waals surface area contributed by atoms with Crippen LogP contribution in [0.3, 0.4) is 0 Å². The molecule has 194 valence electrons. The summed E-state index contributed by atoms with van der Waals surface area (Å²) in [5, 5.41) is 17.7. The van der Waals surface area contributed by atoms with Gasteiger partial charge < -0.3 is 20.1 Å². The fraction of sp³-hybridized carbons (Fsp3) is 0.565. The molecule has 1 saturated heterocycles. The molecule has 8 nitrogen and oxygen atoms in total. The van der Waals surface area contributed by atoms with Crippen LogP contribution in [0.25, 0.3) is 0 Å². The number of nitrogens with one attached hydrogen (secondary N) is 1. The van der Waals surface area contributed by atoms with Crippen molar-refractivity contribution in [1.29, 1.82) is 0 Å². The Bertz CT molecular complexity index is 1200. The number of benzene rings is 1. The van der Waals surface area contributed by atoms with Gasteiger partial charge >= 0.3 is 6.36 Å². The van der Waals surface area contributed by atoms with Gasteiger partial charge in [0.15, 0.2) is 6.10 Å². The van der Waals surface area contributed by atoms with Gasteiger partial charge in [-0.15, -0.1) is 13.2 Å².